The van der Waals surface area contributed by atoms with E-state index in [1.807, 2.05) is 0 Å². The molecule has 4 heteroatoms. The lowest BCUT2D eigenvalue weighted by atomic mass is 10.9. The zero-order chi connectivity index (χ0) is 6.83. The predicted octanol–water partition coefficient (Wildman–Crippen LogP) is 1.75. The normalized spacial score (nSPS) is 7.38. The Morgan fingerprint density at radius 2 is 1.75 bits per heavy atom. The summed E-state index contributed by atoms with van der Waals surface area (Å²) in [4.78, 5) is 6.99. The van der Waals surface area contributed by atoms with Gasteiger partial charge in [-0.25, -0.2) is 4.57 Å². The quantitative estimate of drug-likeness (QED) is 0.479. The first-order valence-corrected chi connectivity index (χ1v) is 5.01. The van der Waals surface area contributed by atoms with Crippen molar-refractivity contribution in [1.29, 1.82) is 0 Å². The first-order valence-electron chi connectivity index (χ1n) is 2.61. The Balaban J connectivity index is 0. The van der Waals surface area contributed by atoms with E-state index >= 15 is 0 Å². The van der Waals surface area contributed by atoms with E-state index in [0.29, 0.717) is 0 Å². The van der Waals surface area contributed by atoms with Crippen LogP contribution in [-0.4, -0.2) is 20.1 Å². The fourth-order valence-corrected chi connectivity index (χ4v) is 0.866. The molecule has 0 saturated heterocycles. The molecule has 0 aliphatic heterocycles. The Morgan fingerprint density at radius 3 is 1.75 bits per heavy atom. The zero-order valence-electron chi connectivity index (χ0n) is 5.29. The van der Waals surface area contributed by atoms with Crippen LogP contribution in [0, 0.1) is 0 Å². The highest BCUT2D eigenvalue weighted by Crippen LogP contribution is 1.77. The standard InChI is InChI=1S/2C2H5.Al.HO2P/c2*1-2;;1-3-2/h2*1H2,2H3;;(H,1,2). The molecule has 0 aromatic carbocycles. The van der Waals surface area contributed by atoms with Gasteiger partial charge in [0.1, 0.15) is 0 Å². The third-order valence-electron chi connectivity index (χ3n) is 0.577. The molecule has 1 N–H and O–H groups in total. The highest BCUT2D eigenvalue weighted by Gasteiger charge is 1.74. The number of rotatable bonds is 2. The van der Waals surface area contributed by atoms with E-state index in [1.54, 1.807) is 0 Å². The minimum Gasteiger partial charge on any atom is -0.310 e. The lowest BCUT2D eigenvalue weighted by Crippen LogP contribution is -1.76. The number of hydrogen-bond donors (Lipinski definition) is 1. The molecule has 2 nitrogen and oxygen atoms in total. The maximum atomic E-state index is 8.46. The fourth-order valence-electron chi connectivity index (χ4n) is 0.289. The van der Waals surface area contributed by atoms with Gasteiger partial charge in [0.15, 0.2) is 15.2 Å². The van der Waals surface area contributed by atoms with Crippen LogP contribution < -0.4 is 0 Å². The molecule has 8 heavy (non-hydrogen) atoms. The van der Waals surface area contributed by atoms with Gasteiger partial charge in [-0.3, -0.25) is 0 Å². The average Bonchev–Trinajstić information content (AvgIpc) is 1.71. The Morgan fingerprint density at radius 1 is 1.50 bits per heavy atom. The lowest BCUT2D eigenvalue weighted by molar-refractivity contribution is 0.524. The molecule has 0 aliphatic carbocycles. The highest BCUT2D eigenvalue weighted by atomic mass is 31.1. The largest absolute Gasteiger partial charge is 0.324 e. The van der Waals surface area contributed by atoms with E-state index in [4.69, 9.17) is 9.46 Å². The molecule has 0 heterocycles. The van der Waals surface area contributed by atoms with Crippen molar-refractivity contribution >= 4 is 23.9 Å². The van der Waals surface area contributed by atoms with Crippen LogP contribution in [-0.2, 0) is 4.57 Å². The summed E-state index contributed by atoms with van der Waals surface area (Å²) in [6.45, 7) is 4.50. The molecule has 0 unspecified atom stereocenters. The molecule has 0 fully saturated rings. The van der Waals surface area contributed by atoms with Crippen molar-refractivity contribution in [3.8, 4) is 0 Å². The molecule has 0 aromatic heterocycles. The third-order valence-corrected chi connectivity index (χ3v) is 1.73. The molecule has 0 atom stereocenters. The summed E-state index contributed by atoms with van der Waals surface area (Å²) < 4.78 is 8.46. The minimum atomic E-state index is -0.833. The molecule has 47 valence electrons. The molecule has 1 radical (unpaired) electrons. The Hall–Kier alpha value is 0.592. The van der Waals surface area contributed by atoms with Crippen molar-refractivity contribution in [1.82, 2.24) is 0 Å². The van der Waals surface area contributed by atoms with Gasteiger partial charge in [-0.2, -0.15) is 0 Å². The summed E-state index contributed by atoms with van der Waals surface area (Å²) in [6, 6.07) is 0. The summed E-state index contributed by atoms with van der Waals surface area (Å²) in [6.07, 6.45) is 0. The SMILES string of the molecule is C[CH2][Al][CH2]C.O=PO. The van der Waals surface area contributed by atoms with E-state index in [-0.39, 0.29) is 0 Å². The monoisotopic (exact) mass is 149 g/mol. The zero-order valence-corrected chi connectivity index (χ0v) is 7.34. The molecule has 0 amide bonds. The molecule has 0 aliphatic rings. The van der Waals surface area contributed by atoms with E-state index in [9.17, 15) is 0 Å². The van der Waals surface area contributed by atoms with Gasteiger partial charge < -0.3 is 4.89 Å². The highest BCUT2D eigenvalue weighted by molar-refractivity contribution is 7.16. The van der Waals surface area contributed by atoms with Crippen molar-refractivity contribution in [2.24, 2.45) is 0 Å². The van der Waals surface area contributed by atoms with E-state index in [0.717, 1.165) is 15.2 Å². The number of hydrogen-bond acceptors (Lipinski definition) is 1. The Labute approximate surface area is 58.3 Å². The average molecular weight is 149 g/mol. The van der Waals surface area contributed by atoms with Gasteiger partial charge in [0.2, 0.25) is 0 Å². The van der Waals surface area contributed by atoms with Gasteiger partial charge in [0, 0.05) is 0 Å². The summed E-state index contributed by atoms with van der Waals surface area (Å²) in [5, 5.41) is 2.85. The van der Waals surface area contributed by atoms with E-state index in [1.165, 1.54) is 10.6 Å². The van der Waals surface area contributed by atoms with Crippen molar-refractivity contribution in [2.75, 3.05) is 0 Å². The van der Waals surface area contributed by atoms with Crippen LogP contribution in [0.4, 0.5) is 0 Å². The van der Waals surface area contributed by atoms with Crippen LogP contribution in [0.5, 0.6) is 0 Å². The first kappa shape index (κ1) is 11.4. The van der Waals surface area contributed by atoms with E-state index in [2.05, 4.69) is 13.8 Å². The molecule has 0 spiro atoms. The van der Waals surface area contributed by atoms with Crippen LogP contribution in [0.3, 0.4) is 0 Å². The van der Waals surface area contributed by atoms with Gasteiger partial charge in [-0.15, -0.1) is 10.6 Å². The maximum absolute atomic E-state index is 8.46. The topological polar surface area (TPSA) is 37.3 Å². The molecule has 0 saturated carbocycles. The first-order chi connectivity index (χ1) is 3.83. The van der Waals surface area contributed by atoms with E-state index < -0.39 is 8.69 Å². The molecule has 0 aromatic rings. The molecular formula is C4H11AlO2P. The summed E-state index contributed by atoms with van der Waals surface area (Å²) >= 11 is 0.815. The van der Waals surface area contributed by atoms with Crippen LogP contribution in [0.25, 0.3) is 0 Å². The van der Waals surface area contributed by atoms with Gasteiger partial charge in [0.25, 0.3) is 0 Å². The molecule has 0 bridgehead atoms. The van der Waals surface area contributed by atoms with Crippen LogP contribution >= 0.6 is 8.69 Å². The van der Waals surface area contributed by atoms with Crippen LogP contribution in [0.2, 0.25) is 10.6 Å². The Bertz CT molecular complexity index is 41.0. The van der Waals surface area contributed by atoms with Crippen LogP contribution in [0.15, 0.2) is 0 Å². The second-order valence-electron chi connectivity index (χ2n) is 1.19. The summed E-state index contributed by atoms with van der Waals surface area (Å²) in [5.74, 6) is 0. The predicted molar refractivity (Wildman–Crippen MR) is 36.5 cm³/mol. The van der Waals surface area contributed by atoms with Crippen molar-refractivity contribution < 1.29 is 9.46 Å². The van der Waals surface area contributed by atoms with Crippen LogP contribution in [0.1, 0.15) is 13.8 Å². The minimum absolute atomic E-state index is 0.815. The van der Waals surface area contributed by atoms with Crippen molar-refractivity contribution in [3.63, 3.8) is 0 Å². The van der Waals surface area contributed by atoms with Gasteiger partial charge in [0.05, 0.1) is 0 Å². The maximum Gasteiger partial charge on any atom is 0.324 e. The Kier molecular flexibility index (Phi) is 22.3. The second kappa shape index (κ2) is 15.6. The second-order valence-corrected chi connectivity index (χ2v) is 3.56. The van der Waals surface area contributed by atoms with Gasteiger partial charge >= 0.3 is 8.69 Å². The molecular weight excluding hydrogens is 138 g/mol. The molecule has 0 rings (SSSR count). The van der Waals surface area contributed by atoms with Gasteiger partial charge in [-0.1, -0.05) is 13.8 Å². The van der Waals surface area contributed by atoms with Crippen molar-refractivity contribution in [2.45, 2.75) is 24.4 Å². The summed E-state index contributed by atoms with van der Waals surface area (Å²) in [7, 11) is -0.833. The lowest BCUT2D eigenvalue weighted by Gasteiger charge is -1.74. The summed E-state index contributed by atoms with van der Waals surface area (Å²) in [5.41, 5.74) is 0. The fraction of sp³-hybridized carbons (Fsp3) is 1.00. The smallest absolute Gasteiger partial charge is 0.310 e. The van der Waals surface area contributed by atoms with Crippen molar-refractivity contribution in [3.05, 3.63) is 0 Å². The third kappa shape index (κ3) is 30.7. The van der Waals surface area contributed by atoms with Gasteiger partial charge in [-0.05, 0) is 0 Å².